The Morgan fingerprint density at radius 2 is 1.85 bits per heavy atom. The Hall–Kier alpha value is -1.27. The lowest BCUT2D eigenvalue weighted by Crippen LogP contribution is -2.30. The first-order valence-corrected chi connectivity index (χ1v) is 7.49. The molecule has 0 saturated heterocycles. The summed E-state index contributed by atoms with van der Waals surface area (Å²) in [4.78, 5) is 12.1. The molecule has 5 heteroatoms. The van der Waals surface area contributed by atoms with Gasteiger partial charge in [-0.2, -0.15) is 0 Å². The largest absolute Gasteiger partial charge is 0.481 e. The highest BCUT2D eigenvalue weighted by Crippen LogP contribution is 2.19. The maximum atomic E-state index is 12.1. The van der Waals surface area contributed by atoms with E-state index in [9.17, 15) is 4.79 Å². The van der Waals surface area contributed by atoms with Crippen LogP contribution in [0.4, 0.5) is 5.69 Å². The predicted molar refractivity (Wildman–Crippen MR) is 89.3 cm³/mol. The number of carbonyl (C=O) groups excluding carboxylic acids is 1. The molecule has 2 rings (SSSR count). The molecule has 0 aromatic heterocycles. The third-order valence-electron chi connectivity index (χ3n) is 2.63. The van der Waals surface area contributed by atoms with Crippen LogP contribution in [0.25, 0.3) is 0 Å². The molecule has 0 fully saturated rings. The Bertz CT molecular complexity index is 601. The van der Waals surface area contributed by atoms with Gasteiger partial charge in [-0.3, -0.25) is 4.79 Å². The van der Waals surface area contributed by atoms with Crippen LogP contribution < -0.4 is 10.1 Å². The number of hydrogen-bond donors (Lipinski definition) is 1. The molecule has 0 aliphatic carbocycles. The van der Waals surface area contributed by atoms with Crippen LogP contribution in [-0.4, -0.2) is 12.0 Å². The second-order valence-electron chi connectivity index (χ2n) is 4.18. The van der Waals surface area contributed by atoms with Gasteiger partial charge in [-0.25, -0.2) is 0 Å². The van der Waals surface area contributed by atoms with Gasteiger partial charge in [0.15, 0.2) is 6.10 Å². The second kappa shape index (κ2) is 6.95. The monoisotopic (exact) mass is 401 g/mol. The van der Waals surface area contributed by atoms with Crippen molar-refractivity contribution >= 4 is 45.8 Å². The summed E-state index contributed by atoms with van der Waals surface area (Å²) in [6.07, 6.45) is -0.591. The van der Waals surface area contributed by atoms with Gasteiger partial charge in [-0.1, -0.05) is 23.7 Å². The number of amides is 1. The van der Waals surface area contributed by atoms with Crippen molar-refractivity contribution < 1.29 is 9.53 Å². The van der Waals surface area contributed by atoms with Crippen LogP contribution in [0.3, 0.4) is 0 Å². The first kappa shape index (κ1) is 15.1. The van der Waals surface area contributed by atoms with E-state index in [2.05, 4.69) is 27.9 Å². The van der Waals surface area contributed by atoms with Crippen LogP contribution in [0.5, 0.6) is 5.75 Å². The molecule has 0 radical (unpaired) electrons. The highest BCUT2D eigenvalue weighted by Gasteiger charge is 2.15. The molecule has 0 aliphatic rings. The Kier molecular flexibility index (Phi) is 5.25. The molecule has 0 bridgehead atoms. The number of para-hydroxylation sites is 1. The number of anilines is 1. The number of carbonyl (C=O) groups is 1. The quantitative estimate of drug-likeness (QED) is 0.774. The fourth-order valence-corrected chi connectivity index (χ4v) is 2.22. The average molecular weight is 402 g/mol. The number of ether oxygens (including phenoxy) is 1. The third kappa shape index (κ3) is 4.11. The molecule has 0 saturated carbocycles. The van der Waals surface area contributed by atoms with E-state index >= 15 is 0 Å². The first-order valence-electron chi connectivity index (χ1n) is 6.04. The molecular weight excluding hydrogens is 389 g/mol. The van der Waals surface area contributed by atoms with E-state index in [-0.39, 0.29) is 5.91 Å². The molecule has 0 aliphatic heterocycles. The smallest absolute Gasteiger partial charge is 0.265 e. The molecule has 0 spiro atoms. The predicted octanol–water partition coefficient (Wildman–Crippen LogP) is 4.35. The molecule has 1 atom stereocenters. The van der Waals surface area contributed by atoms with Gasteiger partial charge in [-0.15, -0.1) is 0 Å². The van der Waals surface area contributed by atoms with Crippen LogP contribution in [0.2, 0.25) is 5.02 Å². The molecule has 20 heavy (non-hydrogen) atoms. The number of halogens is 2. The van der Waals surface area contributed by atoms with Gasteiger partial charge in [0.05, 0.1) is 5.69 Å². The third-order valence-corrected chi connectivity index (χ3v) is 3.82. The zero-order chi connectivity index (χ0) is 14.5. The summed E-state index contributed by atoms with van der Waals surface area (Å²) >= 11 is 7.97. The van der Waals surface area contributed by atoms with Crippen molar-refractivity contribution in [1.82, 2.24) is 0 Å². The maximum Gasteiger partial charge on any atom is 0.265 e. The number of hydrogen-bond acceptors (Lipinski definition) is 2. The van der Waals surface area contributed by atoms with Crippen LogP contribution in [0.15, 0.2) is 48.5 Å². The zero-order valence-corrected chi connectivity index (χ0v) is 13.7. The number of rotatable bonds is 4. The molecule has 1 amide bonds. The second-order valence-corrected chi connectivity index (χ2v) is 5.78. The highest BCUT2D eigenvalue weighted by atomic mass is 127. The summed E-state index contributed by atoms with van der Waals surface area (Å²) in [6, 6.07) is 14.5. The van der Waals surface area contributed by atoms with Gasteiger partial charge < -0.3 is 10.1 Å². The van der Waals surface area contributed by atoms with Crippen LogP contribution >= 0.6 is 34.2 Å². The van der Waals surface area contributed by atoms with Gasteiger partial charge in [0.25, 0.3) is 5.91 Å². The summed E-state index contributed by atoms with van der Waals surface area (Å²) in [7, 11) is 0. The van der Waals surface area contributed by atoms with Gasteiger partial charge >= 0.3 is 0 Å². The van der Waals surface area contributed by atoms with Crippen LogP contribution in [0.1, 0.15) is 6.92 Å². The molecule has 1 N–H and O–H groups in total. The van der Waals surface area contributed by atoms with Crippen molar-refractivity contribution in [3.8, 4) is 5.75 Å². The van der Waals surface area contributed by atoms with Crippen molar-refractivity contribution in [2.24, 2.45) is 0 Å². The zero-order valence-electron chi connectivity index (χ0n) is 10.8. The van der Waals surface area contributed by atoms with E-state index in [4.69, 9.17) is 16.3 Å². The van der Waals surface area contributed by atoms with E-state index < -0.39 is 6.10 Å². The minimum atomic E-state index is -0.591. The molecule has 2 aromatic carbocycles. The lowest BCUT2D eigenvalue weighted by atomic mass is 10.3. The Labute approximate surface area is 136 Å². The molecule has 2 aromatic rings. The van der Waals surface area contributed by atoms with Crippen LogP contribution in [0, 0.1) is 3.57 Å². The normalized spacial score (nSPS) is 11.8. The summed E-state index contributed by atoms with van der Waals surface area (Å²) in [5.41, 5.74) is 0.782. The summed E-state index contributed by atoms with van der Waals surface area (Å²) in [5, 5.41) is 3.48. The van der Waals surface area contributed by atoms with Crippen molar-refractivity contribution in [2.45, 2.75) is 13.0 Å². The van der Waals surface area contributed by atoms with Gasteiger partial charge in [0.2, 0.25) is 0 Å². The van der Waals surface area contributed by atoms with E-state index in [1.165, 1.54) is 0 Å². The minimum absolute atomic E-state index is 0.191. The van der Waals surface area contributed by atoms with E-state index in [0.717, 1.165) is 9.26 Å². The molecular formula is C15H13ClINO2. The van der Waals surface area contributed by atoms with E-state index in [1.54, 1.807) is 31.2 Å². The molecule has 104 valence electrons. The fourth-order valence-electron chi connectivity index (χ4n) is 1.57. The summed E-state index contributed by atoms with van der Waals surface area (Å²) in [6.45, 7) is 1.71. The minimum Gasteiger partial charge on any atom is -0.481 e. The van der Waals surface area contributed by atoms with Crippen molar-refractivity contribution in [3.05, 3.63) is 57.1 Å². The highest BCUT2D eigenvalue weighted by molar-refractivity contribution is 14.1. The SMILES string of the molecule is CC(Oc1ccc(Cl)cc1)C(=O)Nc1ccccc1I. The molecule has 3 nitrogen and oxygen atoms in total. The van der Waals surface area contributed by atoms with E-state index in [0.29, 0.717) is 10.8 Å². The van der Waals surface area contributed by atoms with E-state index in [1.807, 2.05) is 24.3 Å². The van der Waals surface area contributed by atoms with Crippen molar-refractivity contribution in [2.75, 3.05) is 5.32 Å². The lowest BCUT2D eigenvalue weighted by Gasteiger charge is -2.15. The van der Waals surface area contributed by atoms with Crippen LogP contribution in [-0.2, 0) is 4.79 Å². The Morgan fingerprint density at radius 1 is 1.20 bits per heavy atom. The summed E-state index contributed by atoms with van der Waals surface area (Å²) in [5.74, 6) is 0.420. The first-order chi connectivity index (χ1) is 9.56. The average Bonchev–Trinajstić information content (AvgIpc) is 2.44. The Morgan fingerprint density at radius 3 is 2.50 bits per heavy atom. The Balaban J connectivity index is 1.99. The lowest BCUT2D eigenvalue weighted by molar-refractivity contribution is -0.122. The maximum absolute atomic E-state index is 12.1. The van der Waals surface area contributed by atoms with Crippen molar-refractivity contribution in [1.29, 1.82) is 0 Å². The standard InChI is InChI=1S/C15H13ClINO2/c1-10(20-12-8-6-11(16)7-9-12)15(19)18-14-5-3-2-4-13(14)17/h2-10H,1H3,(H,18,19). The molecule has 1 unspecified atom stereocenters. The van der Waals surface area contributed by atoms with Crippen molar-refractivity contribution in [3.63, 3.8) is 0 Å². The number of benzene rings is 2. The molecule has 0 heterocycles. The van der Waals surface area contributed by atoms with Gasteiger partial charge in [0.1, 0.15) is 5.75 Å². The topological polar surface area (TPSA) is 38.3 Å². The summed E-state index contributed by atoms with van der Waals surface area (Å²) < 4.78 is 6.55. The van der Waals surface area contributed by atoms with Gasteiger partial charge in [-0.05, 0) is 65.9 Å². The fraction of sp³-hybridized carbons (Fsp3) is 0.133. The number of nitrogens with one attached hydrogen (secondary N) is 1. The van der Waals surface area contributed by atoms with Gasteiger partial charge in [0, 0.05) is 8.59 Å².